The first-order valence-corrected chi connectivity index (χ1v) is 21.1. The lowest BCUT2D eigenvalue weighted by Crippen LogP contribution is -2.48. The van der Waals surface area contributed by atoms with E-state index in [1.165, 1.54) is 24.3 Å². The van der Waals surface area contributed by atoms with E-state index in [1.54, 1.807) is 43.4 Å². The number of carbonyl (C=O) groups is 6. The van der Waals surface area contributed by atoms with Gasteiger partial charge in [0, 0.05) is 37.5 Å². The zero-order valence-electron chi connectivity index (χ0n) is 34.8. The minimum Gasteiger partial charge on any atom is -0.457 e. The second-order valence-electron chi connectivity index (χ2n) is 16.0. The number of hydrogen-bond donors (Lipinski definition) is 1. The Hall–Kier alpha value is -5.47. The van der Waals surface area contributed by atoms with E-state index in [0.29, 0.717) is 18.4 Å². The first-order chi connectivity index (χ1) is 28.5. The van der Waals surface area contributed by atoms with Crippen LogP contribution < -0.4 is 4.74 Å². The van der Waals surface area contributed by atoms with Gasteiger partial charge in [0.15, 0.2) is 0 Å². The third-order valence-corrected chi connectivity index (χ3v) is 12.0. The third-order valence-electron chi connectivity index (χ3n) is 11.0. The number of imide groups is 1. The average molecular weight is 843 g/mol. The van der Waals surface area contributed by atoms with Crippen LogP contribution in [0.3, 0.4) is 0 Å². The van der Waals surface area contributed by atoms with Crippen molar-refractivity contribution in [2.45, 2.75) is 111 Å². The van der Waals surface area contributed by atoms with Gasteiger partial charge in [0.1, 0.15) is 30.3 Å². The van der Waals surface area contributed by atoms with Crippen LogP contribution in [0.2, 0.25) is 0 Å². The van der Waals surface area contributed by atoms with E-state index in [9.17, 15) is 33.9 Å². The normalized spacial score (nSPS) is 23.8. The number of amides is 2. The number of hydrogen-bond acceptors (Lipinski definition) is 13. The minimum atomic E-state index is -1.48. The molecule has 2 amide bonds. The summed E-state index contributed by atoms with van der Waals surface area (Å²) in [5, 5.41) is 12.4. The van der Waals surface area contributed by atoms with Gasteiger partial charge in [-0.1, -0.05) is 42.8 Å². The van der Waals surface area contributed by atoms with E-state index in [1.807, 2.05) is 39.0 Å². The van der Waals surface area contributed by atoms with Gasteiger partial charge >= 0.3 is 18.1 Å². The van der Waals surface area contributed by atoms with Crippen molar-refractivity contribution in [3.05, 3.63) is 95.1 Å². The van der Waals surface area contributed by atoms with Gasteiger partial charge < -0.3 is 24.1 Å². The molecule has 3 heterocycles. The highest BCUT2D eigenvalue weighted by Crippen LogP contribution is 2.37. The topological polar surface area (TPSA) is 176 Å². The number of aryl methyl sites for hydroxylation is 1. The van der Waals surface area contributed by atoms with E-state index >= 15 is 0 Å². The van der Waals surface area contributed by atoms with Crippen molar-refractivity contribution >= 4 is 57.2 Å². The Balaban J connectivity index is 1.29. The molecule has 1 aromatic heterocycles. The van der Waals surface area contributed by atoms with Gasteiger partial charge in [-0.25, -0.2) is 9.78 Å². The third kappa shape index (κ3) is 12.1. The van der Waals surface area contributed by atoms with Crippen LogP contribution in [0.5, 0.6) is 5.75 Å². The second-order valence-corrected chi connectivity index (χ2v) is 17.3. The van der Waals surface area contributed by atoms with Gasteiger partial charge in [0.2, 0.25) is 0 Å². The number of thiazole rings is 1. The van der Waals surface area contributed by atoms with Crippen LogP contribution in [0.15, 0.2) is 78.9 Å². The molecular weight excluding hydrogens is 789 g/mol. The Bertz CT molecular complexity index is 2120. The molecule has 3 aromatic rings. The van der Waals surface area contributed by atoms with Gasteiger partial charge in [-0.3, -0.25) is 28.9 Å². The molecule has 2 aliphatic heterocycles. The summed E-state index contributed by atoms with van der Waals surface area (Å²) < 4.78 is 23.8. The molecule has 2 aliphatic rings. The monoisotopic (exact) mass is 842 g/mol. The number of aliphatic hydroxyl groups is 1. The fourth-order valence-electron chi connectivity index (χ4n) is 7.37. The molecule has 14 heteroatoms. The summed E-state index contributed by atoms with van der Waals surface area (Å²) >= 11 is 1.57. The lowest BCUT2D eigenvalue weighted by molar-refractivity contribution is -0.157. The molecule has 60 heavy (non-hydrogen) atoms. The predicted molar refractivity (Wildman–Crippen MR) is 225 cm³/mol. The zero-order valence-corrected chi connectivity index (χ0v) is 35.7. The lowest BCUT2D eigenvalue weighted by Gasteiger charge is -2.37. The molecule has 0 saturated heterocycles. The van der Waals surface area contributed by atoms with Gasteiger partial charge in [-0.15, -0.1) is 17.9 Å². The fraction of sp³-hybridized carbons (Fsp3) is 0.457. The highest BCUT2D eigenvalue weighted by atomic mass is 32.1. The summed E-state index contributed by atoms with van der Waals surface area (Å²) in [4.78, 5) is 83.2. The summed E-state index contributed by atoms with van der Waals surface area (Å²) in [7, 11) is 0. The van der Waals surface area contributed by atoms with Crippen molar-refractivity contribution in [2.75, 3.05) is 6.54 Å². The molecule has 0 saturated carbocycles. The number of ketones is 1. The molecule has 1 N–H and O–H groups in total. The van der Waals surface area contributed by atoms with Crippen LogP contribution >= 0.6 is 11.3 Å². The maximum atomic E-state index is 14.4. The SMILES string of the molecule is C=CC[C@H]1C(=O)C(C)(C)[C@@H](OC(=O)OCc2ccc(OC(=O)CCCN3C(=O)C=CC3=O)cc2)CC(=O)O[C@H](c2ccc3sc(C)nc3c2)C/C=C(/C)CCC[C@H](C)[C@@H]1O. The van der Waals surface area contributed by atoms with Crippen molar-refractivity contribution in [3.8, 4) is 5.75 Å². The van der Waals surface area contributed by atoms with Crippen LogP contribution in [0, 0.1) is 24.2 Å². The molecule has 320 valence electrons. The Labute approximate surface area is 354 Å². The Kier molecular flexibility index (Phi) is 15.7. The van der Waals surface area contributed by atoms with Crippen LogP contribution in [0.4, 0.5) is 4.79 Å². The number of rotatable bonds is 11. The number of aromatic nitrogens is 1. The Morgan fingerprint density at radius 2 is 1.78 bits per heavy atom. The fourth-order valence-corrected chi connectivity index (χ4v) is 8.18. The number of Topliss-reactive ketones (excluding diaryl/α,β-unsaturated/α-hetero) is 1. The number of carbonyl (C=O) groups excluding carboxylic acids is 6. The maximum Gasteiger partial charge on any atom is 0.508 e. The van der Waals surface area contributed by atoms with E-state index < -0.39 is 71.8 Å². The molecule has 0 unspecified atom stereocenters. The lowest BCUT2D eigenvalue weighted by atomic mass is 9.71. The minimum absolute atomic E-state index is 0.0208. The zero-order chi connectivity index (χ0) is 43.6. The molecule has 5 rings (SSSR count). The molecule has 13 nitrogen and oxygen atoms in total. The quantitative estimate of drug-likeness (QED) is 0.0849. The van der Waals surface area contributed by atoms with E-state index in [2.05, 4.69) is 17.6 Å². The number of allylic oxidation sites excluding steroid dienone is 2. The van der Waals surface area contributed by atoms with E-state index in [-0.39, 0.29) is 44.1 Å². The van der Waals surface area contributed by atoms with Crippen molar-refractivity contribution in [1.82, 2.24) is 9.88 Å². The largest absolute Gasteiger partial charge is 0.508 e. The number of cyclic esters (lactones) is 1. The van der Waals surface area contributed by atoms with Crippen LogP contribution in [0.1, 0.15) is 101 Å². The van der Waals surface area contributed by atoms with Crippen LogP contribution in [-0.2, 0) is 44.8 Å². The Morgan fingerprint density at radius 3 is 2.48 bits per heavy atom. The van der Waals surface area contributed by atoms with Crippen molar-refractivity contribution in [3.63, 3.8) is 0 Å². The van der Waals surface area contributed by atoms with Gasteiger partial charge in [-0.05, 0) is 101 Å². The number of benzene rings is 2. The highest BCUT2D eigenvalue weighted by Gasteiger charge is 2.46. The van der Waals surface area contributed by atoms with Gasteiger partial charge in [-0.2, -0.15) is 0 Å². The molecule has 0 aliphatic carbocycles. The standard InChI is InChI=1S/C46H54N2O11S/c1-7-10-34-43(53)29(3)12-8-11-28(2)14-20-36(32-17-21-37-35(25-32)47-30(4)60-37)58-42(52)26-38(46(5,6)44(34)54)59-45(55)56-27-31-15-18-33(19-16-31)57-41(51)13-9-24-48-39(49)22-23-40(48)50/h7,14-19,21-23,25,29,34,36,38,43,53H,1,8-13,20,24,26-27H2,2-6H3/b28-14-/t29-,34+,36-,38-,43-/m0/s1. The van der Waals surface area contributed by atoms with E-state index in [4.69, 9.17) is 18.9 Å². The molecule has 5 atom stereocenters. The second kappa shape index (κ2) is 20.7. The number of esters is 2. The van der Waals surface area contributed by atoms with Crippen molar-refractivity contribution in [1.29, 1.82) is 0 Å². The number of fused-ring (bicyclic) bond motifs is 1. The molecule has 0 bridgehead atoms. The first kappa shape index (κ1) is 45.6. The summed E-state index contributed by atoms with van der Waals surface area (Å²) in [5.74, 6) is -3.34. The average Bonchev–Trinajstić information content (AvgIpc) is 3.75. The smallest absolute Gasteiger partial charge is 0.457 e. The van der Waals surface area contributed by atoms with Crippen LogP contribution in [0.25, 0.3) is 10.2 Å². The van der Waals surface area contributed by atoms with E-state index in [0.717, 1.165) is 44.1 Å². The number of aliphatic hydroxyl groups excluding tert-OH is 1. The summed E-state index contributed by atoms with van der Waals surface area (Å²) in [6, 6.07) is 12.0. The molecule has 0 spiro atoms. The summed E-state index contributed by atoms with van der Waals surface area (Å²) in [6.07, 6.45) is 4.38. The molecule has 0 fully saturated rings. The highest BCUT2D eigenvalue weighted by molar-refractivity contribution is 7.18. The van der Waals surface area contributed by atoms with Crippen molar-refractivity contribution in [2.24, 2.45) is 17.3 Å². The number of nitrogens with zero attached hydrogens (tertiary/aromatic N) is 2. The molecule has 0 radical (unpaired) electrons. The van der Waals surface area contributed by atoms with Crippen molar-refractivity contribution < 1.29 is 52.8 Å². The maximum absolute atomic E-state index is 14.4. The molecular formula is C46H54N2O11S. The summed E-state index contributed by atoms with van der Waals surface area (Å²) in [6.45, 7) is 12.7. The first-order valence-electron chi connectivity index (χ1n) is 20.3. The Morgan fingerprint density at radius 1 is 1.07 bits per heavy atom. The van der Waals surface area contributed by atoms with Gasteiger partial charge in [0.05, 0.1) is 33.2 Å². The predicted octanol–water partition coefficient (Wildman–Crippen LogP) is 8.22. The van der Waals surface area contributed by atoms with Crippen LogP contribution in [-0.4, -0.2) is 69.4 Å². The summed E-state index contributed by atoms with van der Waals surface area (Å²) in [5.41, 5.74) is 1.71. The number of ether oxygens (including phenoxy) is 4. The van der Waals surface area contributed by atoms with Gasteiger partial charge in [0.25, 0.3) is 11.8 Å². The molecule has 2 aromatic carbocycles.